The molecule has 1 saturated carbocycles. The van der Waals surface area contributed by atoms with Crippen LogP contribution in [-0.4, -0.2) is 33.1 Å². The molecule has 3 N–H and O–H groups in total. The van der Waals surface area contributed by atoms with Crippen molar-refractivity contribution in [2.45, 2.75) is 44.6 Å². The standard InChI is InChI=1S/C15H22N6/c16-15(18-12-6-2-1-3-7-12)17-10-9-14-20-19-13-8-4-5-11-21(13)14/h4-5,8,11-12H,1-3,6-7,9-10H2,(H3,16,17,18). The molecule has 0 unspecified atom stereocenters. The van der Waals surface area contributed by atoms with Crippen LogP contribution in [0.1, 0.15) is 37.9 Å². The summed E-state index contributed by atoms with van der Waals surface area (Å²) < 4.78 is 1.99. The maximum atomic E-state index is 5.95. The molecular formula is C15H22N6. The molecule has 21 heavy (non-hydrogen) atoms. The van der Waals surface area contributed by atoms with Gasteiger partial charge >= 0.3 is 0 Å². The Morgan fingerprint density at radius 3 is 3.00 bits per heavy atom. The minimum absolute atomic E-state index is 0.497. The number of hydrogen-bond acceptors (Lipinski definition) is 3. The Morgan fingerprint density at radius 1 is 1.29 bits per heavy atom. The zero-order valence-corrected chi connectivity index (χ0v) is 12.2. The zero-order chi connectivity index (χ0) is 14.5. The maximum Gasteiger partial charge on any atom is 0.188 e. The molecule has 112 valence electrons. The van der Waals surface area contributed by atoms with Gasteiger partial charge < -0.3 is 11.1 Å². The van der Waals surface area contributed by atoms with Gasteiger partial charge in [-0.3, -0.25) is 9.39 Å². The van der Waals surface area contributed by atoms with Crippen molar-refractivity contribution in [1.29, 1.82) is 0 Å². The van der Waals surface area contributed by atoms with Crippen molar-refractivity contribution < 1.29 is 0 Å². The van der Waals surface area contributed by atoms with Gasteiger partial charge in [-0.1, -0.05) is 25.3 Å². The van der Waals surface area contributed by atoms with E-state index in [1.54, 1.807) is 0 Å². The molecule has 6 heteroatoms. The molecule has 2 heterocycles. The van der Waals surface area contributed by atoms with Gasteiger partial charge in [0.2, 0.25) is 0 Å². The number of aromatic nitrogens is 3. The van der Waals surface area contributed by atoms with E-state index in [0.29, 0.717) is 18.5 Å². The number of nitrogens with two attached hydrogens (primary N) is 1. The molecule has 0 amide bonds. The highest BCUT2D eigenvalue weighted by molar-refractivity contribution is 5.78. The number of pyridine rings is 1. The summed E-state index contributed by atoms with van der Waals surface area (Å²) in [5.41, 5.74) is 6.82. The maximum absolute atomic E-state index is 5.95. The second kappa shape index (κ2) is 6.56. The quantitative estimate of drug-likeness (QED) is 0.659. The summed E-state index contributed by atoms with van der Waals surface area (Å²) in [6.07, 6.45) is 9.02. The lowest BCUT2D eigenvalue weighted by molar-refractivity contribution is 0.412. The molecule has 1 aliphatic rings. The van der Waals surface area contributed by atoms with Gasteiger partial charge in [0.05, 0.1) is 0 Å². The van der Waals surface area contributed by atoms with Crippen LogP contribution in [0.4, 0.5) is 0 Å². The molecule has 2 aromatic heterocycles. The lowest BCUT2D eigenvalue weighted by atomic mass is 9.96. The molecule has 3 rings (SSSR count). The topological polar surface area (TPSA) is 80.6 Å². The Balaban J connectivity index is 1.53. The monoisotopic (exact) mass is 286 g/mol. The summed E-state index contributed by atoms with van der Waals surface area (Å²) >= 11 is 0. The number of fused-ring (bicyclic) bond motifs is 1. The van der Waals surface area contributed by atoms with Gasteiger partial charge in [-0.15, -0.1) is 10.2 Å². The highest BCUT2D eigenvalue weighted by Gasteiger charge is 2.13. The number of nitrogens with zero attached hydrogens (tertiary/aromatic N) is 4. The highest BCUT2D eigenvalue weighted by Crippen LogP contribution is 2.16. The normalized spacial score (nSPS) is 17.2. The summed E-state index contributed by atoms with van der Waals surface area (Å²) in [6, 6.07) is 6.37. The number of rotatable bonds is 4. The van der Waals surface area contributed by atoms with Crippen molar-refractivity contribution in [3.05, 3.63) is 30.2 Å². The molecule has 2 aromatic rings. The molecule has 0 atom stereocenters. The van der Waals surface area contributed by atoms with Gasteiger partial charge in [0.25, 0.3) is 0 Å². The summed E-state index contributed by atoms with van der Waals surface area (Å²) in [7, 11) is 0. The second-order valence-electron chi connectivity index (χ2n) is 5.54. The van der Waals surface area contributed by atoms with Crippen molar-refractivity contribution in [2.75, 3.05) is 6.54 Å². The third-order valence-corrected chi connectivity index (χ3v) is 3.96. The average molecular weight is 286 g/mol. The van der Waals surface area contributed by atoms with Crippen molar-refractivity contribution in [2.24, 2.45) is 10.7 Å². The molecule has 0 aliphatic heterocycles. The van der Waals surface area contributed by atoms with Crippen molar-refractivity contribution in [3.63, 3.8) is 0 Å². The first kappa shape index (κ1) is 13.9. The van der Waals surface area contributed by atoms with Crippen molar-refractivity contribution in [1.82, 2.24) is 19.9 Å². The van der Waals surface area contributed by atoms with E-state index < -0.39 is 0 Å². The summed E-state index contributed by atoms with van der Waals surface area (Å²) in [5, 5.41) is 11.6. The first-order valence-corrected chi connectivity index (χ1v) is 7.68. The summed E-state index contributed by atoms with van der Waals surface area (Å²) in [6.45, 7) is 0.626. The zero-order valence-electron chi connectivity index (χ0n) is 12.2. The van der Waals surface area contributed by atoms with Gasteiger partial charge in [0, 0.05) is 25.2 Å². The Morgan fingerprint density at radius 2 is 2.14 bits per heavy atom. The molecule has 0 spiro atoms. The van der Waals surface area contributed by atoms with E-state index in [1.807, 2.05) is 28.8 Å². The van der Waals surface area contributed by atoms with E-state index in [0.717, 1.165) is 17.9 Å². The van der Waals surface area contributed by atoms with Crippen molar-refractivity contribution in [3.8, 4) is 0 Å². The van der Waals surface area contributed by atoms with Crippen LogP contribution < -0.4 is 11.1 Å². The molecular weight excluding hydrogens is 264 g/mol. The van der Waals surface area contributed by atoms with E-state index in [9.17, 15) is 0 Å². The van der Waals surface area contributed by atoms with Crippen LogP contribution >= 0.6 is 0 Å². The first-order chi connectivity index (χ1) is 10.3. The van der Waals surface area contributed by atoms with Gasteiger partial charge in [0.15, 0.2) is 11.6 Å². The largest absolute Gasteiger partial charge is 0.370 e. The van der Waals surface area contributed by atoms with E-state index in [4.69, 9.17) is 5.73 Å². The van der Waals surface area contributed by atoms with Crippen LogP contribution in [0.5, 0.6) is 0 Å². The van der Waals surface area contributed by atoms with Gasteiger partial charge in [0.1, 0.15) is 5.82 Å². The van der Waals surface area contributed by atoms with E-state index >= 15 is 0 Å². The van der Waals surface area contributed by atoms with Crippen LogP contribution in [0.15, 0.2) is 29.4 Å². The predicted molar refractivity (Wildman–Crippen MR) is 83.2 cm³/mol. The fourth-order valence-corrected chi connectivity index (χ4v) is 2.84. The van der Waals surface area contributed by atoms with Gasteiger partial charge in [-0.25, -0.2) is 0 Å². The first-order valence-electron chi connectivity index (χ1n) is 7.68. The van der Waals surface area contributed by atoms with Crippen LogP contribution in [0, 0.1) is 0 Å². The minimum atomic E-state index is 0.497. The highest BCUT2D eigenvalue weighted by atomic mass is 15.2. The third kappa shape index (κ3) is 3.51. The Labute approximate surface area is 124 Å². The average Bonchev–Trinajstić information content (AvgIpc) is 2.92. The smallest absolute Gasteiger partial charge is 0.188 e. The Hall–Kier alpha value is -2.11. The van der Waals surface area contributed by atoms with Crippen LogP contribution in [0.2, 0.25) is 0 Å². The minimum Gasteiger partial charge on any atom is -0.370 e. The summed E-state index contributed by atoms with van der Waals surface area (Å²) in [4.78, 5) is 4.40. The summed E-state index contributed by atoms with van der Waals surface area (Å²) in [5.74, 6) is 1.47. The van der Waals surface area contributed by atoms with Crippen LogP contribution in [0.25, 0.3) is 5.65 Å². The van der Waals surface area contributed by atoms with E-state index in [-0.39, 0.29) is 0 Å². The number of hydrogen-bond donors (Lipinski definition) is 2. The van der Waals surface area contributed by atoms with Gasteiger partial charge in [-0.05, 0) is 25.0 Å². The molecule has 0 aromatic carbocycles. The molecule has 0 saturated heterocycles. The number of guanidine groups is 1. The molecule has 1 fully saturated rings. The van der Waals surface area contributed by atoms with E-state index in [1.165, 1.54) is 32.1 Å². The van der Waals surface area contributed by atoms with Crippen LogP contribution in [0.3, 0.4) is 0 Å². The number of nitrogens with one attached hydrogen (secondary N) is 1. The molecule has 1 aliphatic carbocycles. The van der Waals surface area contributed by atoms with E-state index in [2.05, 4.69) is 20.5 Å². The predicted octanol–water partition coefficient (Wildman–Crippen LogP) is 1.51. The van der Waals surface area contributed by atoms with Crippen molar-refractivity contribution >= 4 is 11.6 Å². The molecule has 0 radical (unpaired) electrons. The SMILES string of the molecule is NC(=NCCc1nnc2ccccn12)NC1CCCCC1. The Kier molecular flexibility index (Phi) is 4.33. The lowest BCUT2D eigenvalue weighted by Gasteiger charge is -2.23. The Bertz CT molecular complexity index is 611. The van der Waals surface area contributed by atoms with Gasteiger partial charge in [-0.2, -0.15) is 0 Å². The fourth-order valence-electron chi connectivity index (χ4n) is 2.84. The molecule has 6 nitrogen and oxygen atoms in total. The second-order valence-corrected chi connectivity index (χ2v) is 5.54. The van der Waals surface area contributed by atoms with Crippen LogP contribution in [-0.2, 0) is 6.42 Å². The molecule has 0 bridgehead atoms. The lowest BCUT2D eigenvalue weighted by Crippen LogP contribution is -2.41. The third-order valence-electron chi connectivity index (χ3n) is 3.96. The number of aliphatic imine (C=N–C) groups is 1. The fraction of sp³-hybridized carbons (Fsp3) is 0.533.